The SMILES string of the molecule is O=C(O)c1ccc2nc(C(F)(F)C(F)(F)F)oc2c1. The molecule has 0 aliphatic carbocycles. The summed E-state index contributed by atoms with van der Waals surface area (Å²) in [6.07, 6.45) is -5.84. The lowest BCUT2D eigenvalue weighted by Crippen LogP contribution is -2.33. The molecule has 2 rings (SSSR count). The number of rotatable bonds is 2. The van der Waals surface area contributed by atoms with Gasteiger partial charge in [-0.15, -0.1) is 0 Å². The average molecular weight is 281 g/mol. The Labute approximate surface area is 101 Å². The van der Waals surface area contributed by atoms with Gasteiger partial charge in [0.1, 0.15) is 5.52 Å². The van der Waals surface area contributed by atoms with E-state index in [-0.39, 0.29) is 11.1 Å². The van der Waals surface area contributed by atoms with Crippen molar-refractivity contribution < 1.29 is 36.3 Å². The highest BCUT2D eigenvalue weighted by atomic mass is 19.4. The molecule has 1 aromatic carbocycles. The van der Waals surface area contributed by atoms with Crippen LogP contribution in [0.25, 0.3) is 11.1 Å². The van der Waals surface area contributed by atoms with E-state index >= 15 is 0 Å². The standard InChI is InChI=1S/C10H4F5NO3/c11-9(12,10(13,14)15)8-16-5-2-1-4(7(17)18)3-6(5)19-8/h1-3H,(H,17,18). The number of aromatic nitrogens is 1. The van der Waals surface area contributed by atoms with Crippen molar-refractivity contribution in [3.63, 3.8) is 0 Å². The van der Waals surface area contributed by atoms with Crippen molar-refractivity contribution in [3.05, 3.63) is 29.7 Å². The molecule has 1 N–H and O–H groups in total. The average Bonchev–Trinajstić information content (AvgIpc) is 2.70. The molecule has 0 fully saturated rings. The molecule has 0 unspecified atom stereocenters. The van der Waals surface area contributed by atoms with Gasteiger partial charge in [-0.25, -0.2) is 9.78 Å². The minimum absolute atomic E-state index is 0.288. The third-order valence-electron chi connectivity index (χ3n) is 2.26. The van der Waals surface area contributed by atoms with Gasteiger partial charge >= 0.3 is 18.1 Å². The third-order valence-corrected chi connectivity index (χ3v) is 2.26. The van der Waals surface area contributed by atoms with Crippen LogP contribution in [0.5, 0.6) is 0 Å². The highest BCUT2D eigenvalue weighted by molar-refractivity contribution is 5.91. The second-order valence-electron chi connectivity index (χ2n) is 3.58. The van der Waals surface area contributed by atoms with Gasteiger partial charge in [0.25, 0.3) is 5.89 Å². The predicted octanol–water partition coefficient (Wildman–Crippen LogP) is 3.18. The number of carboxylic acid groups (broad SMARTS) is 1. The maximum Gasteiger partial charge on any atom is 0.463 e. The first-order valence-electron chi connectivity index (χ1n) is 4.72. The monoisotopic (exact) mass is 281 g/mol. The highest BCUT2D eigenvalue weighted by Crippen LogP contribution is 2.44. The number of carboxylic acids is 1. The zero-order valence-corrected chi connectivity index (χ0v) is 8.83. The molecule has 0 aliphatic rings. The molecule has 4 nitrogen and oxygen atoms in total. The van der Waals surface area contributed by atoms with Gasteiger partial charge in [-0.2, -0.15) is 22.0 Å². The molecule has 0 saturated heterocycles. The van der Waals surface area contributed by atoms with E-state index in [1.807, 2.05) is 0 Å². The Morgan fingerprint density at radius 2 is 1.84 bits per heavy atom. The number of fused-ring (bicyclic) bond motifs is 1. The van der Waals surface area contributed by atoms with Crippen LogP contribution in [0.1, 0.15) is 16.2 Å². The van der Waals surface area contributed by atoms with E-state index in [0.29, 0.717) is 0 Å². The fourth-order valence-corrected chi connectivity index (χ4v) is 1.31. The molecule has 102 valence electrons. The molecule has 2 aromatic rings. The summed E-state index contributed by atoms with van der Waals surface area (Å²) in [4.78, 5) is 13.6. The Morgan fingerprint density at radius 3 is 2.37 bits per heavy atom. The number of benzene rings is 1. The molecule has 19 heavy (non-hydrogen) atoms. The fraction of sp³-hybridized carbons (Fsp3) is 0.200. The van der Waals surface area contributed by atoms with E-state index in [2.05, 4.69) is 9.40 Å². The van der Waals surface area contributed by atoms with Gasteiger partial charge in [0.2, 0.25) is 0 Å². The second-order valence-corrected chi connectivity index (χ2v) is 3.58. The minimum atomic E-state index is -5.84. The Kier molecular flexibility index (Phi) is 2.72. The van der Waals surface area contributed by atoms with Gasteiger partial charge in [0.05, 0.1) is 5.56 Å². The van der Waals surface area contributed by atoms with Gasteiger partial charge in [-0.05, 0) is 18.2 Å². The van der Waals surface area contributed by atoms with E-state index in [4.69, 9.17) is 5.11 Å². The van der Waals surface area contributed by atoms with Gasteiger partial charge in [0.15, 0.2) is 5.58 Å². The summed E-state index contributed by atoms with van der Waals surface area (Å²) in [6, 6.07) is 2.82. The van der Waals surface area contributed by atoms with Crippen molar-refractivity contribution in [1.29, 1.82) is 0 Å². The van der Waals surface area contributed by atoms with E-state index in [0.717, 1.165) is 18.2 Å². The lowest BCUT2D eigenvalue weighted by molar-refractivity contribution is -0.297. The Morgan fingerprint density at radius 1 is 1.21 bits per heavy atom. The smallest absolute Gasteiger partial charge is 0.463 e. The Balaban J connectivity index is 2.56. The number of hydrogen-bond acceptors (Lipinski definition) is 3. The number of aromatic carboxylic acids is 1. The van der Waals surface area contributed by atoms with Crippen molar-refractivity contribution in [3.8, 4) is 0 Å². The van der Waals surface area contributed by atoms with E-state index in [9.17, 15) is 26.7 Å². The van der Waals surface area contributed by atoms with Crippen molar-refractivity contribution in [2.45, 2.75) is 12.1 Å². The summed E-state index contributed by atoms with van der Waals surface area (Å²) in [5.74, 6) is -8.44. The number of carbonyl (C=O) groups is 1. The quantitative estimate of drug-likeness (QED) is 0.859. The van der Waals surface area contributed by atoms with E-state index < -0.39 is 29.5 Å². The summed E-state index contributed by atoms with van der Waals surface area (Å²) >= 11 is 0. The van der Waals surface area contributed by atoms with Crippen LogP contribution in [0.2, 0.25) is 0 Å². The van der Waals surface area contributed by atoms with Crippen molar-refractivity contribution in [2.24, 2.45) is 0 Å². The summed E-state index contributed by atoms with van der Waals surface area (Å²) in [7, 11) is 0. The zero-order valence-electron chi connectivity index (χ0n) is 8.83. The second kappa shape index (κ2) is 3.90. The molecule has 0 bridgehead atoms. The number of halogens is 5. The molecule has 0 spiro atoms. The van der Waals surface area contributed by atoms with Crippen molar-refractivity contribution in [1.82, 2.24) is 4.98 Å². The van der Waals surface area contributed by atoms with Crippen LogP contribution in [0, 0.1) is 0 Å². The van der Waals surface area contributed by atoms with Crippen molar-refractivity contribution >= 4 is 17.1 Å². The van der Waals surface area contributed by atoms with Crippen molar-refractivity contribution in [2.75, 3.05) is 0 Å². The Hall–Kier alpha value is -2.19. The first-order valence-corrected chi connectivity index (χ1v) is 4.72. The van der Waals surface area contributed by atoms with Crippen LogP contribution in [0.15, 0.2) is 22.6 Å². The minimum Gasteiger partial charge on any atom is -0.478 e. The zero-order chi connectivity index (χ0) is 14.4. The topological polar surface area (TPSA) is 63.3 Å². The number of alkyl halides is 5. The first-order chi connectivity index (χ1) is 8.63. The largest absolute Gasteiger partial charge is 0.478 e. The summed E-state index contributed by atoms with van der Waals surface area (Å²) < 4.78 is 66.6. The lowest BCUT2D eigenvalue weighted by atomic mass is 10.2. The van der Waals surface area contributed by atoms with E-state index in [1.165, 1.54) is 0 Å². The van der Waals surface area contributed by atoms with Gasteiger partial charge in [-0.1, -0.05) is 0 Å². The molecule has 0 amide bonds. The summed E-state index contributed by atoms with van der Waals surface area (Å²) in [5, 5.41) is 8.65. The first kappa shape index (κ1) is 13.2. The predicted molar refractivity (Wildman–Crippen MR) is 50.9 cm³/mol. The molecule has 0 aliphatic heterocycles. The number of oxazole rings is 1. The van der Waals surface area contributed by atoms with Crippen LogP contribution in [-0.2, 0) is 5.92 Å². The fourth-order valence-electron chi connectivity index (χ4n) is 1.31. The summed E-state index contributed by atoms with van der Waals surface area (Å²) in [6.45, 7) is 0. The molecule has 0 radical (unpaired) electrons. The van der Waals surface area contributed by atoms with Crippen LogP contribution < -0.4 is 0 Å². The molecule has 9 heteroatoms. The Bertz CT molecular complexity index is 646. The summed E-state index contributed by atoms with van der Waals surface area (Å²) in [5.41, 5.74) is -1.06. The van der Waals surface area contributed by atoms with Gasteiger partial charge in [-0.3, -0.25) is 0 Å². The maximum absolute atomic E-state index is 13.0. The lowest BCUT2D eigenvalue weighted by Gasteiger charge is -2.15. The number of hydrogen-bond donors (Lipinski definition) is 1. The molecule has 0 saturated carbocycles. The van der Waals surface area contributed by atoms with E-state index in [1.54, 1.807) is 0 Å². The molecule has 0 atom stereocenters. The third kappa shape index (κ3) is 2.11. The maximum atomic E-state index is 13.0. The van der Waals surface area contributed by atoms with Crippen LogP contribution in [0.4, 0.5) is 22.0 Å². The number of nitrogens with zero attached hydrogens (tertiary/aromatic N) is 1. The van der Waals surface area contributed by atoms with Crippen LogP contribution in [0.3, 0.4) is 0 Å². The molecular formula is C10H4F5NO3. The van der Waals surface area contributed by atoms with Gasteiger partial charge in [0, 0.05) is 0 Å². The molecule has 1 aromatic heterocycles. The van der Waals surface area contributed by atoms with Crippen LogP contribution in [-0.4, -0.2) is 22.2 Å². The molecular weight excluding hydrogens is 277 g/mol. The van der Waals surface area contributed by atoms with Gasteiger partial charge < -0.3 is 9.52 Å². The highest BCUT2D eigenvalue weighted by Gasteiger charge is 2.62. The van der Waals surface area contributed by atoms with Crippen LogP contribution >= 0.6 is 0 Å². The molecule has 1 heterocycles. The normalized spacial score (nSPS) is 12.9.